The minimum atomic E-state index is -0.478. The fourth-order valence-electron chi connectivity index (χ4n) is 3.16. The van der Waals surface area contributed by atoms with E-state index in [0.717, 1.165) is 38.9 Å². The first kappa shape index (κ1) is 23.4. The van der Waals surface area contributed by atoms with Crippen molar-refractivity contribution in [1.82, 2.24) is 0 Å². The van der Waals surface area contributed by atoms with Crippen LogP contribution in [0.15, 0.2) is 0 Å². The van der Waals surface area contributed by atoms with E-state index in [4.69, 9.17) is 19.9 Å². The van der Waals surface area contributed by atoms with E-state index in [0.29, 0.717) is 0 Å². The van der Waals surface area contributed by atoms with Gasteiger partial charge in [0.05, 0.1) is 13.2 Å². The summed E-state index contributed by atoms with van der Waals surface area (Å²) in [6.07, 6.45) is 14.3. The molecule has 0 aromatic heterocycles. The first-order chi connectivity index (χ1) is 12.4. The van der Waals surface area contributed by atoms with Crippen molar-refractivity contribution in [1.29, 1.82) is 0 Å². The minimum Gasteiger partial charge on any atom is -0.459 e. The van der Waals surface area contributed by atoms with Gasteiger partial charge in [-0.3, -0.25) is 4.79 Å². The van der Waals surface area contributed by atoms with Crippen molar-refractivity contribution < 1.29 is 19.0 Å². The quantitative estimate of drug-likeness (QED) is 0.354. The van der Waals surface area contributed by atoms with Crippen LogP contribution in [0.5, 0.6) is 0 Å². The number of nitrogens with two attached hydrogens (primary N) is 1. The summed E-state index contributed by atoms with van der Waals surface area (Å²) < 4.78 is 16.2. The zero-order valence-corrected chi connectivity index (χ0v) is 17.3. The standard InChI is InChI=1S/C21H41NO4/c1-21(2,3)26-20(23)18(22)14-12-10-8-6-4-5-7-9-11-13-15-19-24-16-17-25-19/h18-19H,4-17,22H2,1-3H3/t18-/m0/s1. The van der Waals surface area contributed by atoms with Gasteiger partial charge in [-0.2, -0.15) is 0 Å². The lowest BCUT2D eigenvalue weighted by atomic mass is 10.0. The van der Waals surface area contributed by atoms with E-state index in [1.54, 1.807) is 0 Å². The molecular weight excluding hydrogens is 330 g/mol. The number of carbonyl (C=O) groups is 1. The molecule has 0 amide bonds. The van der Waals surface area contributed by atoms with Crippen molar-refractivity contribution in [3.63, 3.8) is 0 Å². The molecule has 0 aromatic rings. The molecule has 1 fully saturated rings. The summed E-state index contributed by atoms with van der Waals surface area (Å²) in [5.41, 5.74) is 5.44. The molecule has 1 saturated heterocycles. The van der Waals surface area contributed by atoms with E-state index < -0.39 is 11.6 Å². The number of hydrogen-bond donors (Lipinski definition) is 1. The molecule has 1 atom stereocenters. The Labute approximate surface area is 160 Å². The molecule has 0 spiro atoms. The van der Waals surface area contributed by atoms with Gasteiger partial charge in [-0.1, -0.05) is 57.8 Å². The average molecular weight is 372 g/mol. The monoisotopic (exact) mass is 371 g/mol. The lowest BCUT2D eigenvalue weighted by Crippen LogP contribution is -2.37. The molecule has 0 saturated carbocycles. The molecular formula is C21H41NO4. The van der Waals surface area contributed by atoms with Crippen molar-refractivity contribution in [3.05, 3.63) is 0 Å². The Morgan fingerprint density at radius 3 is 1.88 bits per heavy atom. The highest BCUT2D eigenvalue weighted by atomic mass is 16.7. The van der Waals surface area contributed by atoms with Crippen molar-refractivity contribution >= 4 is 5.97 Å². The average Bonchev–Trinajstić information content (AvgIpc) is 3.07. The number of rotatable bonds is 14. The number of carbonyl (C=O) groups excluding carboxylic acids is 1. The third kappa shape index (κ3) is 12.7. The van der Waals surface area contributed by atoms with E-state index in [-0.39, 0.29) is 12.3 Å². The molecule has 5 heteroatoms. The topological polar surface area (TPSA) is 70.8 Å². The minimum absolute atomic E-state index is 0.0680. The van der Waals surface area contributed by atoms with Crippen LogP contribution >= 0.6 is 0 Å². The molecule has 154 valence electrons. The lowest BCUT2D eigenvalue weighted by molar-refractivity contribution is -0.156. The molecule has 2 N–H and O–H groups in total. The molecule has 1 heterocycles. The van der Waals surface area contributed by atoms with Crippen molar-refractivity contribution in [2.24, 2.45) is 5.73 Å². The van der Waals surface area contributed by atoms with E-state index in [2.05, 4.69) is 0 Å². The van der Waals surface area contributed by atoms with Gasteiger partial charge in [-0.05, 0) is 40.0 Å². The second-order valence-corrected chi connectivity index (χ2v) is 8.42. The molecule has 1 rings (SSSR count). The molecule has 0 radical (unpaired) electrons. The van der Waals surface area contributed by atoms with Crippen molar-refractivity contribution in [2.45, 2.75) is 116 Å². The fraction of sp³-hybridized carbons (Fsp3) is 0.952. The summed E-state index contributed by atoms with van der Waals surface area (Å²) >= 11 is 0. The number of esters is 1. The smallest absolute Gasteiger partial charge is 0.323 e. The van der Waals surface area contributed by atoms with Gasteiger partial charge in [0.2, 0.25) is 0 Å². The van der Waals surface area contributed by atoms with Crippen LogP contribution in [0, 0.1) is 0 Å². The zero-order valence-electron chi connectivity index (χ0n) is 17.3. The Kier molecular flexibility index (Phi) is 12.2. The van der Waals surface area contributed by atoms with Crippen LogP contribution in [0.4, 0.5) is 0 Å². The largest absolute Gasteiger partial charge is 0.459 e. The molecule has 0 unspecified atom stereocenters. The molecule has 5 nitrogen and oxygen atoms in total. The Morgan fingerprint density at radius 2 is 1.38 bits per heavy atom. The predicted molar refractivity (Wildman–Crippen MR) is 105 cm³/mol. The van der Waals surface area contributed by atoms with Gasteiger partial charge < -0.3 is 19.9 Å². The first-order valence-corrected chi connectivity index (χ1v) is 10.6. The maximum atomic E-state index is 11.8. The summed E-state index contributed by atoms with van der Waals surface area (Å²) in [5, 5.41) is 0. The molecule has 1 aliphatic heterocycles. The molecule has 26 heavy (non-hydrogen) atoms. The van der Waals surface area contributed by atoms with Crippen LogP contribution in [0.2, 0.25) is 0 Å². The second kappa shape index (κ2) is 13.5. The molecule has 0 aliphatic carbocycles. The van der Waals surface area contributed by atoms with Gasteiger partial charge in [0.1, 0.15) is 11.6 Å². The summed E-state index contributed by atoms with van der Waals surface area (Å²) in [6.45, 7) is 7.14. The second-order valence-electron chi connectivity index (χ2n) is 8.42. The Morgan fingerprint density at radius 1 is 0.923 bits per heavy atom. The lowest BCUT2D eigenvalue weighted by Gasteiger charge is -2.22. The fourth-order valence-corrected chi connectivity index (χ4v) is 3.16. The highest BCUT2D eigenvalue weighted by Crippen LogP contribution is 2.16. The third-order valence-electron chi connectivity index (χ3n) is 4.61. The molecule has 0 aromatic carbocycles. The highest BCUT2D eigenvalue weighted by Gasteiger charge is 2.21. The molecule has 0 bridgehead atoms. The van der Waals surface area contributed by atoms with Crippen LogP contribution in [-0.4, -0.2) is 37.1 Å². The van der Waals surface area contributed by atoms with Crippen LogP contribution in [0.25, 0.3) is 0 Å². The Bertz CT molecular complexity index is 362. The Hall–Kier alpha value is -0.650. The van der Waals surface area contributed by atoms with Gasteiger partial charge in [0.25, 0.3) is 0 Å². The predicted octanol–water partition coefficient (Wildman–Crippen LogP) is 4.71. The molecule has 1 aliphatic rings. The van der Waals surface area contributed by atoms with E-state index in [9.17, 15) is 4.79 Å². The van der Waals surface area contributed by atoms with Crippen LogP contribution in [-0.2, 0) is 19.0 Å². The van der Waals surface area contributed by atoms with Crippen LogP contribution in [0.3, 0.4) is 0 Å². The van der Waals surface area contributed by atoms with Crippen LogP contribution < -0.4 is 5.73 Å². The summed E-state index contributed by atoms with van der Waals surface area (Å²) in [5.74, 6) is -0.274. The maximum Gasteiger partial charge on any atom is 0.323 e. The zero-order chi connectivity index (χ0) is 19.3. The van der Waals surface area contributed by atoms with Gasteiger partial charge in [0.15, 0.2) is 6.29 Å². The summed E-state index contributed by atoms with van der Waals surface area (Å²) in [4.78, 5) is 11.8. The van der Waals surface area contributed by atoms with Gasteiger partial charge >= 0.3 is 5.97 Å². The highest BCUT2D eigenvalue weighted by molar-refractivity contribution is 5.75. The van der Waals surface area contributed by atoms with E-state index in [1.165, 1.54) is 51.4 Å². The van der Waals surface area contributed by atoms with Crippen molar-refractivity contribution in [3.8, 4) is 0 Å². The van der Waals surface area contributed by atoms with Crippen LogP contribution in [0.1, 0.15) is 97.8 Å². The van der Waals surface area contributed by atoms with Gasteiger partial charge in [0, 0.05) is 0 Å². The number of ether oxygens (including phenoxy) is 3. The third-order valence-corrected chi connectivity index (χ3v) is 4.61. The normalized spacial score (nSPS) is 16.8. The first-order valence-electron chi connectivity index (χ1n) is 10.6. The number of hydrogen-bond acceptors (Lipinski definition) is 5. The van der Waals surface area contributed by atoms with Gasteiger partial charge in [-0.15, -0.1) is 0 Å². The van der Waals surface area contributed by atoms with Crippen molar-refractivity contribution in [2.75, 3.05) is 13.2 Å². The van der Waals surface area contributed by atoms with E-state index >= 15 is 0 Å². The number of unbranched alkanes of at least 4 members (excludes halogenated alkanes) is 9. The van der Waals surface area contributed by atoms with E-state index in [1.807, 2.05) is 20.8 Å². The summed E-state index contributed by atoms with van der Waals surface area (Å²) in [7, 11) is 0. The SMILES string of the molecule is CC(C)(C)OC(=O)[C@@H](N)CCCCCCCCCCCCC1OCCO1. The Balaban J connectivity index is 1.80. The summed E-state index contributed by atoms with van der Waals surface area (Å²) in [6, 6.07) is -0.478. The maximum absolute atomic E-state index is 11.8. The van der Waals surface area contributed by atoms with Gasteiger partial charge in [-0.25, -0.2) is 0 Å².